The number of rotatable bonds is 4. The Bertz CT molecular complexity index is 845. The third-order valence-corrected chi connectivity index (χ3v) is 3.78. The van der Waals surface area contributed by atoms with Crippen molar-refractivity contribution < 1.29 is 18.7 Å². The lowest BCUT2D eigenvalue weighted by Crippen LogP contribution is -2.26. The summed E-state index contributed by atoms with van der Waals surface area (Å²) in [6, 6.07) is 8.90. The van der Waals surface area contributed by atoms with Crippen molar-refractivity contribution in [3.63, 3.8) is 0 Å². The normalized spacial score (nSPS) is 16.2. The van der Waals surface area contributed by atoms with Crippen LogP contribution in [0.1, 0.15) is 36.1 Å². The number of carbonyl (C=O) groups excluding carboxylic acids is 1. The van der Waals surface area contributed by atoms with E-state index in [9.17, 15) is 9.59 Å². The number of esters is 1. The van der Waals surface area contributed by atoms with E-state index in [1.54, 1.807) is 13.0 Å². The van der Waals surface area contributed by atoms with Crippen LogP contribution in [0.25, 0.3) is 0 Å². The zero-order valence-corrected chi connectivity index (χ0v) is 13.6. The fourth-order valence-electron chi connectivity index (χ4n) is 2.71. The quantitative estimate of drug-likeness (QED) is 0.637. The van der Waals surface area contributed by atoms with Gasteiger partial charge in [-0.2, -0.15) is 0 Å². The van der Waals surface area contributed by atoms with Gasteiger partial charge in [-0.05, 0) is 37.1 Å². The highest BCUT2D eigenvalue weighted by Crippen LogP contribution is 2.37. The van der Waals surface area contributed by atoms with Crippen molar-refractivity contribution in [2.75, 3.05) is 6.61 Å². The maximum absolute atomic E-state index is 12.2. The highest BCUT2D eigenvalue weighted by molar-refractivity contribution is 5.77. The molecule has 1 aromatic heterocycles. The van der Waals surface area contributed by atoms with E-state index < -0.39 is 5.63 Å². The lowest BCUT2D eigenvalue weighted by Gasteiger charge is -2.23. The first-order valence-corrected chi connectivity index (χ1v) is 7.66. The maximum Gasteiger partial charge on any atom is 0.343 e. The minimum absolute atomic E-state index is 0.104. The van der Waals surface area contributed by atoms with E-state index in [-0.39, 0.29) is 24.1 Å². The summed E-state index contributed by atoms with van der Waals surface area (Å²) in [7, 11) is 0. The molecule has 24 heavy (non-hydrogen) atoms. The van der Waals surface area contributed by atoms with Gasteiger partial charge in [0.05, 0.1) is 12.0 Å². The number of hydrogen-bond donors (Lipinski definition) is 0. The number of aryl methyl sites for hydroxylation is 1. The maximum atomic E-state index is 12.2. The summed E-state index contributed by atoms with van der Waals surface area (Å²) >= 11 is 0. The van der Waals surface area contributed by atoms with Crippen LogP contribution >= 0.6 is 0 Å². The zero-order chi connectivity index (χ0) is 17.3. The van der Waals surface area contributed by atoms with Gasteiger partial charge in [-0.1, -0.05) is 18.7 Å². The molecule has 5 nitrogen and oxygen atoms in total. The van der Waals surface area contributed by atoms with Crippen molar-refractivity contribution in [2.24, 2.45) is 0 Å². The van der Waals surface area contributed by atoms with Gasteiger partial charge in [0, 0.05) is 12.0 Å². The molecular weight excluding hydrogens is 308 g/mol. The van der Waals surface area contributed by atoms with Gasteiger partial charge < -0.3 is 13.9 Å². The summed E-state index contributed by atoms with van der Waals surface area (Å²) in [6.45, 7) is 7.77. The summed E-state index contributed by atoms with van der Waals surface area (Å²) < 4.78 is 15.9. The van der Waals surface area contributed by atoms with Crippen molar-refractivity contribution in [3.05, 3.63) is 69.8 Å². The highest BCUT2D eigenvalue weighted by Gasteiger charge is 2.32. The average Bonchev–Trinajstić information content (AvgIpc) is 2.52. The fourth-order valence-corrected chi connectivity index (χ4v) is 2.71. The Kier molecular flexibility index (Phi) is 4.25. The largest absolute Gasteiger partial charge is 0.489 e. The van der Waals surface area contributed by atoms with Crippen LogP contribution in [0.5, 0.6) is 11.5 Å². The van der Waals surface area contributed by atoms with Crippen LogP contribution in [0.2, 0.25) is 0 Å². The Morgan fingerprint density at radius 2 is 2.00 bits per heavy atom. The molecule has 1 unspecified atom stereocenters. The molecule has 3 rings (SSSR count). The molecule has 0 fully saturated rings. The first-order valence-electron chi connectivity index (χ1n) is 7.66. The lowest BCUT2D eigenvalue weighted by atomic mass is 9.87. The molecule has 124 valence electrons. The number of carbonyl (C=O) groups is 1. The third kappa shape index (κ3) is 3.25. The lowest BCUT2D eigenvalue weighted by molar-refractivity contribution is -0.135. The van der Waals surface area contributed by atoms with Crippen molar-refractivity contribution in [3.8, 4) is 11.5 Å². The Balaban J connectivity index is 1.94. The van der Waals surface area contributed by atoms with Gasteiger partial charge in [0.2, 0.25) is 0 Å². The van der Waals surface area contributed by atoms with Crippen LogP contribution in [0.15, 0.2) is 51.7 Å². The van der Waals surface area contributed by atoms with Crippen molar-refractivity contribution in [1.82, 2.24) is 0 Å². The van der Waals surface area contributed by atoms with Gasteiger partial charge in [0.25, 0.3) is 0 Å². The molecule has 1 atom stereocenters. The molecule has 2 heterocycles. The van der Waals surface area contributed by atoms with Gasteiger partial charge in [-0.15, -0.1) is 0 Å². The van der Waals surface area contributed by atoms with Crippen molar-refractivity contribution in [2.45, 2.75) is 26.2 Å². The van der Waals surface area contributed by atoms with Gasteiger partial charge >= 0.3 is 11.6 Å². The predicted octanol–water partition coefficient (Wildman–Crippen LogP) is 3.34. The van der Waals surface area contributed by atoms with Crippen LogP contribution in [0.4, 0.5) is 0 Å². The molecule has 1 aromatic carbocycles. The SMILES string of the molecule is C=C(C)COc1ccc(C2CC(=O)Oc3cc(C)oc(=O)c32)cc1. The van der Waals surface area contributed by atoms with E-state index >= 15 is 0 Å². The summed E-state index contributed by atoms with van der Waals surface area (Å²) in [5.41, 5.74) is 1.68. The monoisotopic (exact) mass is 326 g/mol. The Hall–Kier alpha value is -2.82. The summed E-state index contributed by atoms with van der Waals surface area (Å²) in [4.78, 5) is 24.1. The number of hydrogen-bond acceptors (Lipinski definition) is 5. The number of ether oxygens (including phenoxy) is 2. The van der Waals surface area contributed by atoms with Gasteiger partial charge in [-0.25, -0.2) is 4.79 Å². The topological polar surface area (TPSA) is 65.7 Å². The van der Waals surface area contributed by atoms with Gasteiger partial charge in [-0.3, -0.25) is 4.79 Å². The van der Waals surface area contributed by atoms with E-state index in [2.05, 4.69) is 6.58 Å². The molecule has 0 bridgehead atoms. The smallest absolute Gasteiger partial charge is 0.343 e. The molecule has 0 radical (unpaired) electrons. The van der Waals surface area contributed by atoms with Gasteiger partial charge in [0.1, 0.15) is 23.9 Å². The van der Waals surface area contributed by atoms with E-state index in [1.165, 1.54) is 0 Å². The van der Waals surface area contributed by atoms with E-state index in [0.717, 1.165) is 11.1 Å². The standard InChI is InChI=1S/C19H18O5/c1-11(2)10-22-14-6-4-13(5-7-14)15-9-17(20)24-16-8-12(3)23-19(21)18(15)16/h4-8,15H,1,9-10H2,2-3H3. The van der Waals surface area contributed by atoms with E-state index in [1.807, 2.05) is 31.2 Å². The first kappa shape index (κ1) is 16.1. The molecule has 1 aliphatic rings. The van der Waals surface area contributed by atoms with Gasteiger partial charge in [0.15, 0.2) is 0 Å². The Morgan fingerprint density at radius 3 is 2.67 bits per heavy atom. The summed E-state index contributed by atoms with van der Waals surface area (Å²) in [6.07, 6.45) is 0.104. The van der Waals surface area contributed by atoms with Crippen LogP contribution in [-0.2, 0) is 4.79 Å². The Labute approximate surface area is 139 Å². The van der Waals surface area contributed by atoms with Crippen molar-refractivity contribution in [1.29, 1.82) is 0 Å². The Morgan fingerprint density at radius 1 is 1.29 bits per heavy atom. The second kappa shape index (κ2) is 6.35. The predicted molar refractivity (Wildman–Crippen MR) is 88.6 cm³/mol. The van der Waals surface area contributed by atoms with Crippen LogP contribution in [0, 0.1) is 6.92 Å². The number of benzene rings is 1. The summed E-state index contributed by atoms with van der Waals surface area (Å²) in [5.74, 6) is 0.660. The molecule has 0 aliphatic carbocycles. The van der Waals surface area contributed by atoms with E-state index in [0.29, 0.717) is 23.7 Å². The van der Waals surface area contributed by atoms with Crippen LogP contribution in [-0.4, -0.2) is 12.6 Å². The molecule has 5 heteroatoms. The van der Waals surface area contributed by atoms with Crippen LogP contribution in [0.3, 0.4) is 0 Å². The minimum atomic E-state index is -0.467. The van der Waals surface area contributed by atoms with Crippen molar-refractivity contribution >= 4 is 5.97 Å². The minimum Gasteiger partial charge on any atom is -0.489 e. The molecule has 1 aliphatic heterocycles. The second-order valence-corrected chi connectivity index (χ2v) is 5.97. The molecule has 0 N–H and O–H groups in total. The third-order valence-electron chi connectivity index (χ3n) is 3.78. The average molecular weight is 326 g/mol. The highest BCUT2D eigenvalue weighted by atomic mass is 16.5. The zero-order valence-electron chi connectivity index (χ0n) is 13.6. The fraction of sp³-hybridized carbons (Fsp3) is 0.263. The number of fused-ring (bicyclic) bond motifs is 1. The molecule has 2 aromatic rings. The van der Waals surface area contributed by atoms with Crippen LogP contribution < -0.4 is 15.1 Å². The second-order valence-electron chi connectivity index (χ2n) is 5.97. The first-order chi connectivity index (χ1) is 11.4. The molecule has 0 saturated heterocycles. The molecule has 0 saturated carbocycles. The molecular formula is C19H18O5. The molecule has 0 amide bonds. The summed E-state index contributed by atoms with van der Waals surface area (Å²) in [5, 5.41) is 0. The van der Waals surface area contributed by atoms with E-state index in [4.69, 9.17) is 13.9 Å². The molecule has 0 spiro atoms.